The molecule has 0 radical (unpaired) electrons. The van der Waals surface area contributed by atoms with Crippen LogP contribution in [0.3, 0.4) is 0 Å². The summed E-state index contributed by atoms with van der Waals surface area (Å²) in [5, 5.41) is 3.26. The SMILES string of the molecule is CCCC1CNCCN1S(=O)(=O)c1c(OC)cc(OC)cc1OC.Cl. The van der Waals surface area contributed by atoms with Gasteiger partial charge in [0.1, 0.15) is 17.2 Å². The molecule has 144 valence electrons. The molecule has 2 rings (SSSR count). The normalized spacial score (nSPS) is 18.3. The van der Waals surface area contributed by atoms with Crippen molar-refractivity contribution in [1.82, 2.24) is 9.62 Å². The molecule has 0 spiro atoms. The molecule has 0 saturated carbocycles. The second-order valence-corrected chi connectivity index (χ2v) is 7.45. The Balaban J connectivity index is 0.00000312. The average Bonchev–Trinajstić information content (AvgIpc) is 2.60. The van der Waals surface area contributed by atoms with Gasteiger partial charge in [0.2, 0.25) is 0 Å². The number of sulfonamides is 1. The van der Waals surface area contributed by atoms with Gasteiger partial charge < -0.3 is 19.5 Å². The molecule has 1 aromatic rings. The van der Waals surface area contributed by atoms with E-state index in [-0.39, 0.29) is 34.8 Å². The molecule has 7 nitrogen and oxygen atoms in total. The van der Waals surface area contributed by atoms with Gasteiger partial charge in [0.25, 0.3) is 10.0 Å². The summed E-state index contributed by atoms with van der Waals surface area (Å²) in [6.45, 7) is 3.74. The number of hydrogen-bond donors (Lipinski definition) is 1. The first-order chi connectivity index (χ1) is 11.5. The van der Waals surface area contributed by atoms with Crippen LogP contribution in [-0.4, -0.2) is 59.7 Å². The molecule has 1 fully saturated rings. The molecule has 25 heavy (non-hydrogen) atoms. The van der Waals surface area contributed by atoms with E-state index in [9.17, 15) is 8.42 Å². The number of benzene rings is 1. The standard InChI is InChI=1S/C16H26N2O5S.ClH/c1-5-6-12-11-17-7-8-18(12)24(19,20)16-14(22-3)9-13(21-2)10-15(16)23-4;/h9-10,12,17H,5-8,11H2,1-4H3;1H. The third-order valence-corrected chi connectivity index (χ3v) is 6.17. The van der Waals surface area contributed by atoms with Crippen molar-refractivity contribution in [3.05, 3.63) is 12.1 Å². The second kappa shape index (κ2) is 9.47. The molecule has 1 aromatic carbocycles. The Bertz CT molecular complexity index is 641. The predicted molar refractivity (Wildman–Crippen MR) is 98.8 cm³/mol. The van der Waals surface area contributed by atoms with Crippen LogP contribution in [0.5, 0.6) is 17.2 Å². The number of nitrogens with zero attached hydrogens (tertiary/aromatic N) is 1. The average molecular weight is 395 g/mol. The summed E-state index contributed by atoms with van der Waals surface area (Å²) < 4.78 is 44.0. The zero-order valence-corrected chi connectivity index (χ0v) is 16.7. The number of halogens is 1. The van der Waals surface area contributed by atoms with Gasteiger partial charge >= 0.3 is 0 Å². The van der Waals surface area contributed by atoms with Gasteiger partial charge in [0.05, 0.1) is 21.3 Å². The minimum absolute atomic E-state index is 0. The molecule has 0 bridgehead atoms. The van der Waals surface area contributed by atoms with Crippen molar-refractivity contribution in [2.75, 3.05) is 41.0 Å². The van der Waals surface area contributed by atoms with Crippen molar-refractivity contribution in [3.8, 4) is 17.2 Å². The molecule has 0 amide bonds. The Morgan fingerprint density at radius 3 is 2.24 bits per heavy atom. The van der Waals surface area contributed by atoms with Crippen LogP contribution in [0.25, 0.3) is 0 Å². The van der Waals surface area contributed by atoms with Crippen molar-refractivity contribution in [1.29, 1.82) is 0 Å². The molecule has 0 aromatic heterocycles. The first-order valence-corrected chi connectivity index (χ1v) is 9.46. The van der Waals surface area contributed by atoms with Crippen LogP contribution in [0.4, 0.5) is 0 Å². The lowest BCUT2D eigenvalue weighted by Gasteiger charge is -2.35. The molecule has 1 heterocycles. The van der Waals surface area contributed by atoms with E-state index in [1.54, 1.807) is 16.4 Å². The number of rotatable bonds is 7. The summed E-state index contributed by atoms with van der Waals surface area (Å²) >= 11 is 0. The summed E-state index contributed by atoms with van der Waals surface area (Å²) in [6.07, 6.45) is 1.71. The Hall–Kier alpha value is -1.22. The first-order valence-electron chi connectivity index (χ1n) is 8.02. The van der Waals surface area contributed by atoms with Gasteiger partial charge in [0.15, 0.2) is 4.90 Å². The number of ether oxygens (including phenoxy) is 3. The number of piperazine rings is 1. The zero-order valence-electron chi connectivity index (χ0n) is 15.1. The second-order valence-electron chi connectivity index (χ2n) is 5.62. The van der Waals surface area contributed by atoms with Crippen LogP contribution in [0.1, 0.15) is 19.8 Å². The maximum atomic E-state index is 13.3. The molecule has 1 atom stereocenters. The minimum Gasteiger partial charge on any atom is -0.496 e. The fourth-order valence-electron chi connectivity index (χ4n) is 2.98. The fourth-order valence-corrected chi connectivity index (χ4v) is 4.91. The molecular weight excluding hydrogens is 368 g/mol. The van der Waals surface area contributed by atoms with E-state index < -0.39 is 10.0 Å². The van der Waals surface area contributed by atoms with Gasteiger partial charge in [-0.25, -0.2) is 8.42 Å². The van der Waals surface area contributed by atoms with Crippen LogP contribution in [-0.2, 0) is 10.0 Å². The van der Waals surface area contributed by atoms with E-state index in [2.05, 4.69) is 5.32 Å². The molecule has 1 aliphatic heterocycles. The molecule has 1 unspecified atom stereocenters. The molecule has 9 heteroatoms. The van der Waals surface area contributed by atoms with E-state index in [0.29, 0.717) is 25.4 Å². The van der Waals surface area contributed by atoms with Crippen LogP contribution >= 0.6 is 12.4 Å². The molecule has 0 aliphatic carbocycles. The van der Waals surface area contributed by atoms with Crippen molar-refractivity contribution < 1.29 is 22.6 Å². The van der Waals surface area contributed by atoms with Crippen LogP contribution < -0.4 is 19.5 Å². The summed E-state index contributed by atoms with van der Waals surface area (Å²) in [6, 6.07) is 3.05. The summed E-state index contributed by atoms with van der Waals surface area (Å²) in [7, 11) is 0.632. The van der Waals surface area contributed by atoms with Crippen molar-refractivity contribution in [2.24, 2.45) is 0 Å². The highest BCUT2D eigenvalue weighted by molar-refractivity contribution is 7.89. The highest BCUT2D eigenvalue weighted by Crippen LogP contribution is 2.40. The van der Waals surface area contributed by atoms with Gasteiger partial charge in [-0.1, -0.05) is 13.3 Å². The van der Waals surface area contributed by atoms with Gasteiger partial charge in [-0.3, -0.25) is 0 Å². The zero-order chi connectivity index (χ0) is 17.7. The number of hydrogen-bond acceptors (Lipinski definition) is 6. The Labute approximate surface area is 156 Å². The van der Waals surface area contributed by atoms with Gasteiger partial charge in [-0.05, 0) is 6.42 Å². The van der Waals surface area contributed by atoms with E-state index in [1.165, 1.54) is 21.3 Å². The summed E-state index contributed by atoms with van der Waals surface area (Å²) in [5.74, 6) is 0.924. The smallest absolute Gasteiger partial charge is 0.250 e. The summed E-state index contributed by atoms with van der Waals surface area (Å²) in [5.41, 5.74) is 0. The minimum atomic E-state index is -3.76. The molecule has 1 N–H and O–H groups in total. The monoisotopic (exact) mass is 394 g/mol. The number of nitrogens with one attached hydrogen (secondary N) is 1. The van der Waals surface area contributed by atoms with Gasteiger partial charge in [-0.2, -0.15) is 4.31 Å². The van der Waals surface area contributed by atoms with E-state index >= 15 is 0 Å². The third kappa shape index (κ3) is 4.49. The fraction of sp³-hybridized carbons (Fsp3) is 0.625. The van der Waals surface area contributed by atoms with E-state index in [0.717, 1.165) is 12.8 Å². The van der Waals surface area contributed by atoms with E-state index in [4.69, 9.17) is 14.2 Å². The molecular formula is C16H27ClN2O5S. The first kappa shape index (κ1) is 21.8. The quantitative estimate of drug-likeness (QED) is 0.761. The van der Waals surface area contributed by atoms with Gasteiger partial charge in [-0.15, -0.1) is 12.4 Å². The lowest BCUT2D eigenvalue weighted by atomic mass is 10.1. The van der Waals surface area contributed by atoms with Crippen molar-refractivity contribution in [2.45, 2.75) is 30.7 Å². The Kier molecular flexibility index (Phi) is 8.27. The maximum Gasteiger partial charge on any atom is 0.250 e. The molecule has 1 saturated heterocycles. The predicted octanol–water partition coefficient (Wildman–Crippen LogP) is 1.90. The van der Waals surface area contributed by atoms with Crippen LogP contribution in [0, 0.1) is 0 Å². The Morgan fingerprint density at radius 2 is 1.76 bits per heavy atom. The van der Waals surface area contributed by atoms with E-state index in [1.807, 2.05) is 6.92 Å². The largest absolute Gasteiger partial charge is 0.496 e. The van der Waals surface area contributed by atoms with Crippen LogP contribution in [0.15, 0.2) is 17.0 Å². The lowest BCUT2D eigenvalue weighted by molar-refractivity contribution is 0.252. The maximum absolute atomic E-state index is 13.3. The number of methoxy groups -OCH3 is 3. The summed E-state index contributed by atoms with van der Waals surface area (Å²) in [4.78, 5) is 0.0521. The Morgan fingerprint density at radius 1 is 1.16 bits per heavy atom. The third-order valence-electron chi connectivity index (χ3n) is 4.15. The topological polar surface area (TPSA) is 77.1 Å². The highest BCUT2D eigenvalue weighted by atomic mass is 35.5. The highest BCUT2D eigenvalue weighted by Gasteiger charge is 2.37. The lowest BCUT2D eigenvalue weighted by Crippen LogP contribution is -2.53. The van der Waals surface area contributed by atoms with Gasteiger partial charge in [0, 0.05) is 37.8 Å². The van der Waals surface area contributed by atoms with Crippen LogP contribution in [0.2, 0.25) is 0 Å². The van der Waals surface area contributed by atoms with Crippen molar-refractivity contribution in [3.63, 3.8) is 0 Å². The molecule has 1 aliphatic rings. The van der Waals surface area contributed by atoms with Crippen molar-refractivity contribution >= 4 is 22.4 Å².